The van der Waals surface area contributed by atoms with Crippen molar-refractivity contribution in [1.82, 2.24) is 5.32 Å². The number of carbonyl (C=O) groups excluding carboxylic acids is 1. The van der Waals surface area contributed by atoms with E-state index in [0.717, 1.165) is 18.4 Å². The predicted molar refractivity (Wildman–Crippen MR) is 94.8 cm³/mol. The van der Waals surface area contributed by atoms with Crippen LogP contribution in [0.3, 0.4) is 0 Å². The number of carbonyl (C=O) groups is 1. The number of unbranched alkanes of at least 4 members (excludes halogenated alkanes) is 1. The molecular weight excluding hydrogens is 338 g/mol. The second-order valence-corrected chi connectivity index (χ2v) is 7.51. The summed E-state index contributed by atoms with van der Waals surface area (Å²) in [5.41, 5.74) is 7.40. The molecule has 1 aliphatic rings. The van der Waals surface area contributed by atoms with Gasteiger partial charge in [0.2, 0.25) is 10.0 Å². The number of amides is 1. The van der Waals surface area contributed by atoms with Gasteiger partial charge in [-0.25, -0.2) is 8.42 Å². The van der Waals surface area contributed by atoms with E-state index >= 15 is 0 Å². The average molecular weight is 362 g/mol. The van der Waals surface area contributed by atoms with E-state index in [0.29, 0.717) is 37.3 Å². The highest BCUT2D eigenvalue weighted by molar-refractivity contribution is 7.93. The third-order valence-electron chi connectivity index (χ3n) is 3.76. The quantitative estimate of drug-likeness (QED) is 0.749. The van der Waals surface area contributed by atoms with Crippen molar-refractivity contribution in [2.45, 2.75) is 26.2 Å². The van der Waals surface area contributed by atoms with E-state index in [-0.39, 0.29) is 24.1 Å². The van der Waals surface area contributed by atoms with E-state index in [9.17, 15) is 13.2 Å². The number of hydrogen-bond acceptors (Lipinski definition) is 4. The highest BCUT2D eigenvalue weighted by Crippen LogP contribution is 2.26. The number of sulfonamides is 1. The average Bonchev–Trinajstić information content (AvgIpc) is 2.82. The molecule has 8 heteroatoms. The van der Waals surface area contributed by atoms with Gasteiger partial charge in [-0.15, -0.1) is 12.4 Å². The topological polar surface area (TPSA) is 92.5 Å². The third-order valence-corrected chi connectivity index (χ3v) is 5.63. The lowest BCUT2D eigenvalue weighted by Crippen LogP contribution is -2.27. The van der Waals surface area contributed by atoms with Crippen LogP contribution in [0.4, 0.5) is 5.69 Å². The molecule has 2 rings (SSSR count). The van der Waals surface area contributed by atoms with Crippen molar-refractivity contribution in [3.05, 3.63) is 29.3 Å². The molecular formula is C15H24ClN3O3S. The Morgan fingerprint density at radius 2 is 2.09 bits per heavy atom. The van der Waals surface area contributed by atoms with Crippen molar-refractivity contribution in [3.63, 3.8) is 0 Å². The van der Waals surface area contributed by atoms with Crippen LogP contribution in [0.2, 0.25) is 0 Å². The minimum absolute atomic E-state index is 0. The lowest BCUT2D eigenvalue weighted by atomic mass is 10.1. The molecule has 0 saturated carbocycles. The number of hydrogen-bond donors (Lipinski definition) is 2. The molecule has 23 heavy (non-hydrogen) atoms. The van der Waals surface area contributed by atoms with E-state index in [1.807, 2.05) is 6.92 Å². The maximum absolute atomic E-state index is 12.1. The number of halogens is 1. The van der Waals surface area contributed by atoms with Gasteiger partial charge in [-0.1, -0.05) is 0 Å². The van der Waals surface area contributed by atoms with E-state index in [1.54, 1.807) is 18.2 Å². The minimum Gasteiger partial charge on any atom is -0.352 e. The molecule has 1 heterocycles. The molecule has 1 aromatic carbocycles. The monoisotopic (exact) mass is 361 g/mol. The normalized spacial score (nSPS) is 16.0. The Labute approximate surface area is 143 Å². The van der Waals surface area contributed by atoms with Gasteiger partial charge >= 0.3 is 0 Å². The molecule has 130 valence electrons. The lowest BCUT2D eigenvalue weighted by molar-refractivity contribution is 0.0952. The van der Waals surface area contributed by atoms with Gasteiger partial charge in [0, 0.05) is 18.7 Å². The molecule has 0 aromatic heterocycles. The van der Waals surface area contributed by atoms with Crippen molar-refractivity contribution in [2.75, 3.05) is 29.7 Å². The van der Waals surface area contributed by atoms with Crippen molar-refractivity contribution in [3.8, 4) is 0 Å². The molecule has 0 atom stereocenters. The Hall–Kier alpha value is -1.31. The van der Waals surface area contributed by atoms with Gasteiger partial charge in [-0.05, 0) is 56.5 Å². The summed E-state index contributed by atoms with van der Waals surface area (Å²) in [7, 11) is -3.19. The first-order chi connectivity index (χ1) is 10.5. The van der Waals surface area contributed by atoms with Crippen LogP contribution in [0, 0.1) is 6.92 Å². The molecule has 0 bridgehead atoms. The Morgan fingerprint density at radius 3 is 2.65 bits per heavy atom. The summed E-state index contributed by atoms with van der Waals surface area (Å²) in [6.07, 6.45) is 2.38. The summed E-state index contributed by atoms with van der Waals surface area (Å²) in [6, 6.07) is 5.15. The second kappa shape index (κ2) is 8.52. The first-order valence-electron chi connectivity index (χ1n) is 7.55. The highest BCUT2D eigenvalue weighted by Gasteiger charge is 2.28. The standard InChI is InChI=1S/C15H23N3O3S.ClH/c1-12-11-13(18-9-4-10-22(18,20)21)5-6-14(12)15(19)17-8-3-2-7-16;/h5-6,11H,2-4,7-10,16H2,1H3,(H,17,19);1H. The fourth-order valence-corrected chi connectivity index (χ4v) is 4.11. The summed E-state index contributed by atoms with van der Waals surface area (Å²) in [5.74, 6) is 0.0560. The van der Waals surface area contributed by atoms with E-state index in [1.165, 1.54) is 4.31 Å². The summed E-state index contributed by atoms with van der Waals surface area (Å²) in [4.78, 5) is 12.1. The van der Waals surface area contributed by atoms with Gasteiger partial charge in [0.05, 0.1) is 11.4 Å². The Morgan fingerprint density at radius 1 is 1.35 bits per heavy atom. The van der Waals surface area contributed by atoms with Crippen LogP contribution in [0.5, 0.6) is 0 Å². The zero-order valence-corrected chi connectivity index (χ0v) is 14.9. The van der Waals surface area contributed by atoms with Gasteiger partial charge in [-0.3, -0.25) is 9.10 Å². The van der Waals surface area contributed by atoms with Crippen LogP contribution in [-0.2, 0) is 10.0 Å². The van der Waals surface area contributed by atoms with E-state index in [2.05, 4.69) is 5.32 Å². The van der Waals surface area contributed by atoms with Crippen LogP contribution >= 0.6 is 12.4 Å². The fraction of sp³-hybridized carbons (Fsp3) is 0.533. The number of aryl methyl sites for hydroxylation is 1. The fourth-order valence-electron chi connectivity index (χ4n) is 2.55. The van der Waals surface area contributed by atoms with Crippen molar-refractivity contribution >= 4 is 34.0 Å². The van der Waals surface area contributed by atoms with E-state index < -0.39 is 10.0 Å². The van der Waals surface area contributed by atoms with Crippen LogP contribution in [-0.4, -0.2) is 39.7 Å². The maximum atomic E-state index is 12.1. The maximum Gasteiger partial charge on any atom is 0.251 e. The van der Waals surface area contributed by atoms with Crippen molar-refractivity contribution in [1.29, 1.82) is 0 Å². The summed E-state index contributed by atoms with van der Waals surface area (Å²) >= 11 is 0. The molecule has 1 aliphatic heterocycles. The summed E-state index contributed by atoms with van der Waals surface area (Å²) < 4.78 is 25.3. The van der Waals surface area contributed by atoms with Gasteiger partial charge in [-0.2, -0.15) is 0 Å². The SMILES string of the molecule is Cc1cc(N2CCCS2(=O)=O)ccc1C(=O)NCCCCN.Cl. The van der Waals surface area contributed by atoms with Crippen LogP contribution in [0.1, 0.15) is 35.2 Å². The smallest absolute Gasteiger partial charge is 0.251 e. The van der Waals surface area contributed by atoms with Gasteiger partial charge in [0.1, 0.15) is 0 Å². The van der Waals surface area contributed by atoms with Crippen LogP contribution in [0.15, 0.2) is 18.2 Å². The van der Waals surface area contributed by atoms with Crippen LogP contribution in [0.25, 0.3) is 0 Å². The largest absolute Gasteiger partial charge is 0.352 e. The number of nitrogens with one attached hydrogen (secondary N) is 1. The van der Waals surface area contributed by atoms with Gasteiger partial charge in [0.25, 0.3) is 5.91 Å². The lowest BCUT2D eigenvalue weighted by Gasteiger charge is -2.18. The number of nitrogens with zero attached hydrogens (tertiary/aromatic N) is 1. The minimum atomic E-state index is -3.19. The number of benzene rings is 1. The second-order valence-electron chi connectivity index (χ2n) is 5.49. The van der Waals surface area contributed by atoms with Crippen molar-refractivity contribution < 1.29 is 13.2 Å². The molecule has 0 radical (unpaired) electrons. The molecule has 3 N–H and O–H groups in total. The summed E-state index contributed by atoms with van der Waals surface area (Å²) in [5, 5.41) is 2.85. The molecule has 1 amide bonds. The first-order valence-corrected chi connectivity index (χ1v) is 9.16. The number of anilines is 1. The van der Waals surface area contributed by atoms with Crippen molar-refractivity contribution in [2.24, 2.45) is 5.73 Å². The predicted octanol–water partition coefficient (Wildman–Crippen LogP) is 1.43. The number of rotatable bonds is 6. The first kappa shape index (κ1) is 19.7. The molecule has 0 unspecified atom stereocenters. The zero-order valence-electron chi connectivity index (χ0n) is 13.2. The van der Waals surface area contributed by atoms with E-state index in [4.69, 9.17) is 5.73 Å². The molecule has 0 spiro atoms. The van der Waals surface area contributed by atoms with Gasteiger partial charge in [0.15, 0.2) is 0 Å². The Bertz CT molecular complexity index is 649. The Kier molecular flexibility index (Phi) is 7.31. The molecule has 1 saturated heterocycles. The number of nitrogens with two attached hydrogens (primary N) is 1. The molecule has 1 fully saturated rings. The molecule has 1 aromatic rings. The van der Waals surface area contributed by atoms with Gasteiger partial charge < -0.3 is 11.1 Å². The Balaban J connectivity index is 0.00000264. The zero-order chi connectivity index (χ0) is 16.2. The highest BCUT2D eigenvalue weighted by atomic mass is 35.5. The molecule has 0 aliphatic carbocycles. The van der Waals surface area contributed by atoms with Crippen LogP contribution < -0.4 is 15.4 Å². The molecule has 6 nitrogen and oxygen atoms in total. The summed E-state index contributed by atoms with van der Waals surface area (Å²) in [6.45, 7) is 3.54. The third kappa shape index (κ3) is 4.83.